The lowest BCUT2D eigenvalue weighted by Crippen LogP contribution is -2.64. The summed E-state index contributed by atoms with van der Waals surface area (Å²) in [5.74, 6) is -0.176. The summed E-state index contributed by atoms with van der Waals surface area (Å²) in [7, 11) is 0. The van der Waals surface area contributed by atoms with Gasteiger partial charge >= 0.3 is 0 Å². The lowest BCUT2D eigenvalue weighted by molar-refractivity contribution is -0.139. The van der Waals surface area contributed by atoms with E-state index in [0.717, 1.165) is 12.0 Å². The van der Waals surface area contributed by atoms with E-state index in [-0.39, 0.29) is 24.3 Å². The van der Waals surface area contributed by atoms with Crippen LogP contribution >= 0.6 is 0 Å². The van der Waals surface area contributed by atoms with Crippen LogP contribution in [0.5, 0.6) is 0 Å². The van der Waals surface area contributed by atoms with Crippen molar-refractivity contribution in [2.75, 3.05) is 6.61 Å². The van der Waals surface area contributed by atoms with Gasteiger partial charge in [0.2, 0.25) is 11.8 Å². The first-order chi connectivity index (χ1) is 10.1. The summed E-state index contributed by atoms with van der Waals surface area (Å²) in [5, 5.41) is 5.53. The van der Waals surface area contributed by atoms with Crippen LogP contribution in [0.3, 0.4) is 0 Å². The first-order valence-electron chi connectivity index (χ1n) is 7.34. The first-order valence-corrected chi connectivity index (χ1v) is 7.34. The van der Waals surface area contributed by atoms with E-state index in [9.17, 15) is 9.59 Å². The quantitative estimate of drug-likeness (QED) is 0.828. The Bertz CT molecular complexity index is 490. The standard InChI is InChI=1S/C16H22N2O3/c1-3-11(2)14-16(20)17-13(15(19)18-14)10-21-9-12-7-5-4-6-8-12/h4-8,11,13-14H,3,9-10H2,1-2H3,(H,17,20)(H,18,19)/t11?,13-,14-/m0/s1. The van der Waals surface area contributed by atoms with Crippen LogP contribution in [0.4, 0.5) is 0 Å². The topological polar surface area (TPSA) is 67.4 Å². The maximum Gasteiger partial charge on any atom is 0.245 e. The molecule has 0 radical (unpaired) electrons. The minimum Gasteiger partial charge on any atom is -0.374 e. The molecule has 0 spiro atoms. The first kappa shape index (κ1) is 15.5. The zero-order valence-electron chi connectivity index (χ0n) is 12.5. The Morgan fingerprint density at radius 2 is 1.86 bits per heavy atom. The Morgan fingerprint density at radius 1 is 1.14 bits per heavy atom. The molecule has 1 aromatic rings. The van der Waals surface area contributed by atoms with Crippen molar-refractivity contribution in [3.05, 3.63) is 35.9 Å². The number of amides is 2. The van der Waals surface area contributed by atoms with Crippen LogP contribution in [0, 0.1) is 5.92 Å². The van der Waals surface area contributed by atoms with Crippen molar-refractivity contribution in [2.45, 2.75) is 39.0 Å². The molecule has 2 N–H and O–H groups in total. The van der Waals surface area contributed by atoms with E-state index in [0.29, 0.717) is 6.61 Å². The fraction of sp³-hybridized carbons (Fsp3) is 0.500. The molecule has 1 fully saturated rings. The number of ether oxygens (including phenoxy) is 1. The van der Waals surface area contributed by atoms with Crippen LogP contribution in [0.1, 0.15) is 25.8 Å². The highest BCUT2D eigenvalue weighted by atomic mass is 16.5. The summed E-state index contributed by atoms with van der Waals surface area (Å²) in [6.07, 6.45) is 0.841. The molecule has 0 bridgehead atoms. The van der Waals surface area contributed by atoms with E-state index in [4.69, 9.17) is 4.74 Å². The Morgan fingerprint density at radius 3 is 2.52 bits per heavy atom. The van der Waals surface area contributed by atoms with Gasteiger partial charge in [0, 0.05) is 0 Å². The summed E-state index contributed by atoms with van der Waals surface area (Å²) in [6, 6.07) is 8.67. The summed E-state index contributed by atoms with van der Waals surface area (Å²) in [6.45, 7) is 4.56. The van der Waals surface area contributed by atoms with Crippen molar-refractivity contribution in [1.29, 1.82) is 0 Å². The van der Waals surface area contributed by atoms with E-state index in [2.05, 4.69) is 10.6 Å². The zero-order chi connectivity index (χ0) is 15.2. The maximum atomic E-state index is 12.0. The number of rotatable bonds is 6. The van der Waals surface area contributed by atoms with Gasteiger partial charge in [-0.1, -0.05) is 50.6 Å². The SMILES string of the molecule is CCC(C)[C@@H]1NC(=O)[C@H](COCc2ccccc2)NC1=O. The molecule has 5 heteroatoms. The predicted molar refractivity (Wildman–Crippen MR) is 79.4 cm³/mol. The summed E-state index contributed by atoms with van der Waals surface area (Å²) < 4.78 is 5.52. The van der Waals surface area contributed by atoms with Gasteiger partial charge in [0.15, 0.2) is 0 Å². The van der Waals surface area contributed by atoms with Gasteiger partial charge in [-0.15, -0.1) is 0 Å². The number of hydrogen-bond acceptors (Lipinski definition) is 3. The average molecular weight is 290 g/mol. The second-order valence-electron chi connectivity index (χ2n) is 5.43. The van der Waals surface area contributed by atoms with Crippen molar-refractivity contribution < 1.29 is 14.3 Å². The molecule has 2 rings (SSSR count). The van der Waals surface area contributed by atoms with Crippen molar-refractivity contribution in [3.63, 3.8) is 0 Å². The van der Waals surface area contributed by atoms with Crippen LogP contribution < -0.4 is 10.6 Å². The number of carbonyl (C=O) groups is 2. The highest BCUT2D eigenvalue weighted by molar-refractivity contribution is 5.97. The Hall–Kier alpha value is -1.88. The second-order valence-corrected chi connectivity index (χ2v) is 5.43. The zero-order valence-corrected chi connectivity index (χ0v) is 12.5. The van der Waals surface area contributed by atoms with Crippen LogP contribution in [0.15, 0.2) is 30.3 Å². The Kier molecular flexibility index (Phi) is 5.33. The molecule has 3 atom stereocenters. The van der Waals surface area contributed by atoms with Crippen molar-refractivity contribution in [2.24, 2.45) is 5.92 Å². The smallest absolute Gasteiger partial charge is 0.245 e. The Balaban J connectivity index is 1.82. The molecule has 1 aliphatic rings. The fourth-order valence-corrected chi connectivity index (χ4v) is 2.27. The third-order valence-corrected chi connectivity index (χ3v) is 3.82. The number of carbonyl (C=O) groups excluding carboxylic acids is 2. The summed E-state index contributed by atoms with van der Waals surface area (Å²) in [4.78, 5) is 24.0. The molecule has 2 amide bonds. The summed E-state index contributed by atoms with van der Waals surface area (Å²) >= 11 is 0. The van der Waals surface area contributed by atoms with Crippen molar-refractivity contribution in [1.82, 2.24) is 10.6 Å². The molecule has 1 unspecified atom stereocenters. The third kappa shape index (κ3) is 4.04. The highest BCUT2D eigenvalue weighted by Crippen LogP contribution is 2.12. The van der Waals surface area contributed by atoms with Gasteiger partial charge in [-0.2, -0.15) is 0 Å². The van der Waals surface area contributed by atoms with Gasteiger partial charge in [-0.25, -0.2) is 0 Å². The molecule has 1 heterocycles. The van der Waals surface area contributed by atoms with Gasteiger partial charge in [0.1, 0.15) is 12.1 Å². The van der Waals surface area contributed by atoms with Gasteiger partial charge in [-0.3, -0.25) is 9.59 Å². The van der Waals surface area contributed by atoms with E-state index < -0.39 is 12.1 Å². The van der Waals surface area contributed by atoms with Gasteiger partial charge in [0.25, 0.3) is 0 Å². The molecule has 1 aromatic carbocycles. The molecule has 5 nitrogen and oxygen atoms in total. The van der Waals surface area contributed by atoms with E-state index >= 15 is 0 Å². The molecular formula is C16H22N2O3. The third-order valence-electron chi connectivity index (χ3n) is 3.82. The lowest BCUT2D eigenvalue weighted by atomic mass is 9.96. The highest BCUT2D eigenvalue weighted by Gasteiger charge is 2.35. The Labute approximate surface area is 125 Å². The number of nitrogens with one attached hydrogen (secondary N) is 2. The molecule has 0 aliphatic carbocycles. The van der Waals surface area contributed by atoms with E-state index in [1.807, 2.05) is 44.2 Å². The minimum absolute atomic E-state index is 0.125. The largest absolute Gasteiger partial charge is 0.374 e. The fourth-order valence-electron chi connectivity index (χ4n) is 2.27. The molecule has 1 aliphatic heterocycles. The number of benzene rings is 1. The maximum absolute atomic E-state index is 12.0. The van der Waals surface area contributed by atoms with E-state index in [1.165, 1.54) is 0 Å². The summed E-state index contributed by atoms with van der Waals surface area (Å²) in [5.41, 5.74) is 1.04. The normalized spacial score (nSPS) is 23.3. The van der Waals surface area contributed by atoms with Crippen LogP contribution in [-0.2, 0) is 20.9 Å². The van der Waals surface area contributed by atoms with Gasteiger partial charge in [0.05, 0.1) is 13.2 Å². The molecular weight excluding hydrogens is 268 g/mol. The average Bonchev–Trinajstić information content (AvgIpc) is 2.50. The van der Waals surface area contributed by atoms with Crippen molar-refractivity contribution >= 4 is 11.8 Å². The molecule has 0 aromatic heterocycles. The molecule has 1 saturated heterocycles. The number of piperazine rings is 1. The lowest BCUT2D eigenvalue weighted by Gasteiger charge is -2.32. The van der Waals surface area contributed by atoms with Crippen LogP contribution in [0.2, 0.25) is 0 Å². The second kappa shape index (κ2) is 7.22. The monoisotopic (exact) mass is 290 g/mol. The van der Waals surface area contributed by atoms with Crippen molar-refractivity contribution in [3.8, 4) is 0 Å². The number of hydrogen-bond donors (Lipinski definition) is 2. The predicted octanol–water partition coefficient (Wildman–Crippen LogP) is 1.23. The minimum atomic E-state index is -0.610. The van der Waals surface area contributed by atoms with Crippen LogP contribution in [0.25, 0.3) is 0 Å². The van der Waals surface area contributed by atoms with Crippen LogP contribution in [-0.4, -0.2) is 30.5 Å². The van der Waals surface area contributed by atoms with Gasteiger partial charge < -0.3 is 15.4 Å². The molecule has 0 saturated carbocycles. The molecule has 21 heavy (non-hydrogen) atoms. The van der Waals surface area contributed by atoms with E-state index in [1.54, 1.807) is 0 Å². The molecule has 114 valence electrons. The van der Waals surface area contributed by atoms with Gasteiger partial charge in [-0.05, 0) is 11.5 Å².